The van der Waals surface area contributed by atoms with Crippen molar-refractivity contribution in [2.45, 2.75) is 25.0 Å². The average molecular weight is 507 g/mol. The third-order valence-electron chi connectivity index (χ3n) is 6.92. The Labute approximate surface area is 219 Å². The van der Waals surface area contributed by atoms with Gasteiger partial charge in [0.15, 0.2) is 5.54 Å². The smallest absolute Gasteiger partial charge is 0.328 e. The quantitative estimate of drug-likeness (QED) is 0.185. The van der Waals surface area contributed by atoms with E-state index in [1.807, 2.05) is 54.6 Å². The van der Waals surface area contributed by atoms with Crippen LogP contribution in [-0.2, 0) is 28.2 Å². The molecule has 3 amide bonds. The summed E-state index contributed by atoms with van der Waals surface area (Å²) in [7, 11) is 0. The number of fused-ring (bicyclic) bond motifs is 1. The van der Waals surface area contributed by atoms with E-state index in [4.69, 9.17) is 11.1 Å². The largest absolute Gasteiger partial charge is 0.481 e. The van der Waals surface area contributed by atoms with Gasteiger partial charge in [-0.05, 0) is 39.6 Å². The number of carbonyl (C=O) groups excluding carboxylic acids is 2. The van der Waals surface area contributed by atoms with Crippen molar-refractivity contribution in [2.75, 3.05) is 0 Å². The first-order chi connectivity index (χ1) is 18.3. The van der Waals surface area contributed by atoms with Gasteiger partial charge < -0.3 is 15.7 Å². The number of amides is 3. The average Bonchev–Trinajstić information content (AvgIpc) is 3.10. The molecule has 5 rings (SSSR count). The summed E-state index contributed by atoms with van der Waals surface area (Å²) in [6.07, 6.45) is -0.565. The first kappa shape index (κ1) is 24.7. The number of nitrogens with two attached hydrogens (primary N) is 1. The molecule has 1 aliphatic heterocycles. The van der Waals surface area contributed by atoms with Crippen molar-refractivity contribution in [1.29, 1.82) is 5.41 Å². The molecule has 38 heavy (non-hydrogen) atoms. The highest BCUT2D eigenvalue weighted by Crippen LogP contribution is 2.42. The molecule has 8 nitrogen and oxygen atoms in total. The van der Waals surface area contributed by atoms with E-state index in [-0.39, 0.29) is 18.9 Å². The molecule has 1 fully saturated rings. The summed E-state index contributed by atoms with van der Waals surface area (Å²) in [6, 6.07) is 28.2. The second-order valence-electron chi connectivity index (χ2n) is 9.35. The molecule has 1 saturated heterocycles. The summed E-state index contributed by atoms with van der Waals surface area (Å²) in [5.74, 6) is -1.82. The number of amidine groups is 1. The van der Waals surface area contributed by atoms with Crippen LogP contribution < -0.4 is 5.73 Å². The molecule has 0 aromatic heterocycles. The predicted octanol–water partition coefficient (Wildman–Crippen LogP) is 4.46. The number of nitrogens with zero attached hydrogens (tertiary/aromatic N) is 2. The zero-order valence-corrected chi connectivity index (χ0v) is 20.5. The normalized spacial score (nSPS) is 17.3. The minimum Gasteiger partial charge on any atom is -0.481 e. The van der Waals surface area contributed by atoms with Gasteiger partial charge in [0.25, 0.3) is 5.91 Å². The van der Waals surface area contributed by atoms with Crippen LogP contribution in [0.15, 0.2) is 97.1 Å². The van der Waals surface area contributed by atoms with Crippen LogP contribution in [-0.4, -0.2) is 38.6 Å². The van der Waals surface area contributed by atoms with E-state index in [0.29, 0.717) is 16.7 Å². The van der Waals surface area contributed by atoms with Gasteiger partial charge in [-0.3, -0.25) is 19.9 Å². The number of imide groups is 1. The van der Waals surface area contributed by atoms with Crippen molar-refractivity contribution in [3.05, 3.63) is 119 Å². The molecule has 1 heterocycles. The molecule has 1 aliphatic rings. The number of carboxylic acid groups (broad SMARTS) is 1. The molecule has 0 radical (unpaired) electrons. The summed E-state index contributed by atoms with van der Waals surface area (Å²) >= 11 is 0. The molecular formula is C30H26N4O4. The Hall–Kier alpha value is -4.98. The number of hydrogen-bond acceptors (Lipinski definition) is 4. The number of nitrogen functional groups attached to an aromatic ring is 1. The molecule has 4 N–H and O–H groups in total. The number of benzene rings is 4. The molecule has 4 aromatic rings. The Morgan fingerprint density at radius 3 is 2.13 bits per heavy atom. The van der Waals surface area contributed by atoms with E-state index in [1.165, 1.54) is 4.90 Å². The zero-order valence-electron chi connectivity index (χ0n) is 20.5. The summed E-state index contributed by atoms with van der Waals surface area (Å²) in [5, 5.41) is 19.4. The van der Waals surface area contributed by atoms with Crippen molar-refractivity contribution < 1.29 is 19.5 Å². The fourth-order valence-electron chi connectivity index (χ4n) is 5.07. The van der Waals surface area contributed by atoms with Crippen LogP contribution in [0.3, 0.4) is 0 Å². The Kier molecular flexibility index (Phi) is 6.38. The van der Waals surface area contributed by atoms with Crippen LogP contribution >= 0.6 is 0 Å². The minimum atomic E-state index is -1.70. The van der Waals surface area contributed by atoms with Crippen LogP contribution in [0.1, 0.15) is 28.7 Å². The maximum atomic E-state index is 14.1. The fraction of sp³-hybridized carbons (Fsp3) is 0.133. The number of carbonyl (C=O) groups is 3. The van der Waals surface area contributed by atoms with Crippen LogP contribution in [0.25, 0.3) is 10.8 Å². The van der Waals surface area contributed by atoms with Crippen molar-refractivity contribution in [3.8, 4) is 0 Å². The first-order valence-electron chi connectivity index (χ1n) is 12.1. The minimum absolute atomic E-state index is 0.0304. The molecule has 0 saturated carbocycles. The summed E-state index contributed by atoms with van der Waals surface area (Å²) in [6.45, 7) is 0.0428. The van der Waals surface area contributed by atoms with E-state index in [2.05, 4.69) is 0 Å². The lowest BCUT2D eigenvalue weighted by molar-refractivity contribution is -0.146. The second kappa shape index (κ2) is 9.82. The monoisotopic (exact) mass is 506 g/mol. The molecule has 1 unspecified atom stereocenters. The number of carboxylic acids is 1. The van der Waals surface area contributed by atoms with E-state index < -0.39 is 29.9 Å². The van der Waals surface area contributed by atoms with Crippen LogP contribution in [0.4, 0.5) is 4.79 Å². The standard InChI is InChI=1S/C30H26N4O4/c31-27(32)23-14-13-22-12-11-21(15-24(22)16-23)18-33-28(37)30(17-26(35)36,25-9-5-2-6-10-25)34(29(33)38)19-20-7-3-1-4-8-20/h1-16H,17-19H2,(H3,31,32)(H,35,36). The molecule has 0 spiro atoms. The number of rotatable bonds is 8. The summed E-state index contributed by atoms with van der Waals surface area (Å²) in [4.78, 5) is 42.7. The highest BCUT2D eigenvalue weighted by Gasteiger charge is 2.59. The lowest BCUT2D eigenvalue weighted by Gasteiger charge is -2.34. The van der Waals surface area contributed by atoms with Gasteiger partial charge in [-0.15, -0.1) is 0 Å². The Morgan fingerprint density at radius 1 is 0.816 bits per heavy atom. The highest BCUT2D eigenvalue weighted by molar-refractivity contribution is 6.09. The van der Waals surface area contributed by atoms with E-state index in [0.717, 1.165) is 21.2 Å². The summed E-state index contributed by atoms with van der Waals surface area (Å²) < 4.78 is 0. The lowest BCUT2D eigenvalue weighted by Crippen LogP contribution is -2.48. The van der Waals surface area contributed by atoms with Crippen LogP contribution in [0.2, 0.25) is 0 Å². The number of aliphatic carboxylic acids is 1. The molecule has 0 aliphatic carbocycles. The van der Waals surface area contributed by atoms with Gasteiger partial charge >= 0.3 is 12.0 Å². The Morgan fingerprint density at radius 2 is 1.47 bits per heavy atom. The van der Waals surface area contributed by atoms with Gasteiger partial charge in [0, 0.05) is 12.1 Å². The third kappa shape index (κ3) is 4.37. The van der Waals surface area contributed by atoms with Crippen molar-refractivity contribution in [1.82, 2.24) is 9.80 Å². The van der Waals surface area contributed by atoms with Gasteiger partial charge in [0.1, 0.15) is 5.84 Å². The zero-order chi connectivity index (χ0) is 26.9. The van der Waals surface area contributed by atoms with Gasteiger partial charge in [-0.25, -0.2) is 4.79 Å². The van der Waals surface area contributed by atoms with Gasteiger partial charge in [-0.1, -0.05) is 84.9 Å². The van der Waals surface area contributed by atoms with Crippen molar-refractivity contribution in [3.63, 3.8) is 0 Å². The van der Waals surface area contributed by atoms with E-state index >= 15 is 0 Å². The fourth-order valence-corrected chi connectivity index (χ4v) is 5.07. The third-order valence-corrected chi connectivity index (χ3v) is 6.92. The van der Waals surface area contributed by atoms with Crippen LogP contribution in [0.5, 0.6) is 0 Å². The summed E-state index contributed by atoms with van der Waals surface area (Å²) in [5.41, 5.74) is 6.44. The molecule has 190 valence electrons. The van der Waals surface area contributed by atoms with Gasteiger partial charge in [0.2, 0.25) is 0 Å². The molecule has 8 heteroatoms. The Balaban J connectivity index is 1.59. The van der Waals surface area contributed by atoms with E-state index in [9.17, 15) is 19.5 Å². The topological polar surface area (TPSA) is 128 Å². The van der Waals surface area contributed by atoms with Crippen molar-refractivity contribution >= 4 is 34.5 Å². The number of hydrogen-bond donors (Lipinski definition) is 3. The number of urea groups is 1. The van der Waals surface area contributed by atoms with Gasteiger partial charge in [-0.2, -0.15) is 0 Å². The van der Waals surface area contributed by atoms with Crippen LogP contribution in [0, 0.1) is 5.41 Å². The number of nitrogens with one attached hydrogen (secondary N) is 1. The molecule has 1 atom stereocenters. The SMILES string of the molecule is N=C(N)c1ccc2ccc(CN3C(=O)N(Cc4ccccc4)C(CC(=O)O)(c4ccccc4)C3=O)cc2c1. The maximum absolute atomic E-state index is 14.1. The highest BCUT2D eigenvalue weighted by atomic mass is 16.4. The molecular weight excluding hydrogens is 480 g/mol. The molecule has 0 bridgehead atoms. The predicted molar refractivity (Wildman–Crippen MR) is 143 cm³/mol. The second-order valence-corrected chi connectivity index (χ2v) is 9.35. The molecule has 4 aromatic carbocycles. The van der Waals surface area contributed by atoms with E-state index in [1.54, 1.807) is 42.5 Å². The lowest BCUT2D eigenvalue weighted by atomic mass is 9.84. The maximum Gasteiger partial charge on any atom is 0.328 e. The van der Waals surface area contributed by atoms with Crippen molar-refractivity contribution in [2.24, 2.45) is 5.73 Å². The first-order valence-corrected chi connectivity index (χ1v) is 12.1. The van der Waals surface area contributed by atoms with Gasteiger partial charge in [0.05, 0.1) is 13.0 Å². The Bertz CT molecular complexity index is 1550.